The average Bonchev–Trinajstić information content (AvgIpc) is 2.79. The summed E-state index contributed by atoms with van der Waals surface area (Å²) in [4.78, 5) is 11.9. The monoisotopic (exact) mass is 209 g/mol. The molecule has 2 nitrogen and oxygen atoms in total. The number of halogens is 3. The Morgan fingerprint density at radius 2 is 1.93 bits per heavy atom. The summed E-state index contributed by atoms with van der Waals surface area (Å²) in [6.45, 7) is 3.81. The van der Waals surface area contributed by atoms with E-state index in [1.807, 2.05) is 0 Å². The van der Waals surface area contributed by atoms with Crippen molar-refractivity contribution in [3.63, 3.8) is 0 Å². The van der Waals surface area contributed by atoms with Crippen LogP contribution in [0.25, 0.3) is 0 Å². The molecule has 0 aliphatic heterocycles. The number of amides is 1. The molecule has 0 unspecified atom stereocenters. The molecule has 0 heterocycles. The molecule has 0 bridgehead atoms. The van der Waals surface area contributed by atoms with E-state index in [-0.39, 0.29) is 18.5 Å². The maximum atomic E-state index is 12.1. The van der Waals surface area contributed by atoms with E-state index in [4.69, 9.17) is 0 Å². The van der Waals surface area contributed by atoms with Crippen molar-refractivity contribution < 1.29 is 18.0 Å². The van der Waals surface area contributed by atoms with Gasteiger partial charge in [-0.2, -0.15) is 13.2 Å². The predicted octanol–water partition coefficient (Wildman–Crippen LogP) is 2.20. The highest BCUT2D eigenvalue weighted by Gasteiger charge is 2.46. The Kier molecular flexibility index (Phi) is 3.07. The fourth-order valence-corrected chi connectivity index (χ4v) is 1.34. The molecule has 5 heteroatoms. The predicted molar refractivity (Wildman–Crippen MR) is 45.6 cm³/mol. The topological polar surface area (TPSA) is 20.3 Å². The molecule has 1 aliphatic rings. The maximum absolute atomic E-state index is 12.1. The second-order valence-corrected chi connectivity index (χ2v) is 4.08. The molecule has 1 aliphatic carbocycles. The lowest BCUT2D eigenvalue weighted by Gasteiger charge is -2.25. The van der Waals surface area contributed by atoms with Crippen LogP contribution in [-0.4, -0.2) is 29.6 Å². The molecule has 0 N–H and O–H groups in total. The highest BCUT2D eigenvalue weighted by molar-refractivity contribution is 5.82. The molecule has 1 saturated carbocycles. The van der Waals surface area contributed by atoms with E-state index >= 15 is 0 Å². The third kappa shape index (κ3) is 2.89. The Morgan fingerprint density at radius 3 is 2.21 bits per heavy atom. The van der Waals surface area contributed by atoms with Crippen molar-refractivity contribution in [2.24, 2.45) is 5.92 Å². The Morgan fingerprint density at radius 1 is 1.43 bits per heavy atom. The summed E-state index contributed by atoms with van der Waals surface area (Å²) in [6.07, 6.45) is -3.32. The molecule has 0 atom stereocenters. The first-order chi connectivity index (χ1) is 6.32. The molecular formula is C9H14F3NO. The van der Waals surface area contributed by atoms with Crippen molar-refractivity contribution in [1.82, 2.24) is 4.90 Å². The van der Waals surface area contributed by atoms with Gasteiger partial charge in [0, 0.05) is 12.6 Å². The van der Waals surface area contributed by atoms with Gasteiger partial charge in [0.2, 0.25) is 0 Å². The summed E-state index contributed by atoms with van der Waals surface area (Å²) >= 11 is 0. The van der Waals surface area contributed by atoms with Crippen LogP contribution in [0.2, 0.25) is 0 Å². The molecule has 0 saturated heterocycles. The zero-order valence-corrected chi connectivity index (χ0v) is 8.27. The van der Waals surface area contributed by atoms with Gasteiger partial charge in [0.15, 0.2) is 0 Å². The molecule has 0 aromatic carbocycles. The van der Waals surface area contributed by atoms with E-state index in [1.165, 1.54) is 0 Å². The molecule has 82 valence electrons. The zero-order chi connectivity index (χ0) is 10.9. The smallest absolute Gasteiger partial charge is 0.332 e. The van der Waals surface area contributed by atoms with E-state index < -0.39 is 12.1 Å². The second-order valence-electron chi connectivity index (χ2n) is 4.08. The van der Waals surface area contributed by atoms with Gasteiger partial charge in [-0.1, -0.05) is 13.8 Å². The van der Waals surface area contributed by atoms with E-state index in [0.717, 1.165) is 4.90 Å². The number of hydrogen-bond donors (Lipinski definition) is 0. The highest BCUT2D eigenvalue weighted by Crippen LogP contribution is 2.31. The van der Waals surface area contributed by atoms with E-state index in [0.29, 0.717) is 12.8 Å². The van der Waals surface area contributed by atoms with Crippen LogP contribution >= 0.6 is 0 Å². The van der Waals surface area contributed by atoms with Crippen molar-refractivity contribution in [2.45, 2.75) is 38.9 Å². The molecule has 0 radical (unpaired) electrons. The van der Waals surface area contributed by atoms with Crippen molar-refractivity contribution in [2.75, 3.05) is 6.54 Å². The van der Waals surface area contributed by atoms with Crippen molar-refractivity contribution in [3.8, 4) is 0 Å². The second kappa shape index (κ2) is 3.79. The van der Waals surface area contributed by atoms with Crippen LogP contribution in [0.5, 0.6) is 0 Å². The summed E-state index contributed by atoms with van der Waals surface area (Å²) in [5.41, 5.74) is 0. The van der Waals surface area contributed by atoms with Crippen LogP contribution in [0.4, 0.5) is 13.2 Å². The van der Waals surface area contributed by atoms with E-state index in [1.54, 1.807) is 13.8 Å². The highest BCUT2D eigenvalue weighted by atomic mass is 19.4. The normalized spacial score (nSPS) is 17.3. The lowest BCUT2D eigenvalue weighted by molar-refractivity contribution is -0.186. The first-order valence-electron chi connectivity index (χ1n) is 4.70. The molecule has 0 aromatic heterocycles. The molecule has 14 heavy (non-hydrogen) atoms. The largest absolute Gasteiger partial charge is 0.471 e. The molecule has 1 fully saturated rings. The van der Waals surface area contributed by atoms with Crippen molar-refractivity contribution in [1.29, 1.82) is 0 Å². The van der Waals surface area contributed by atoms with E-state index in [2.05, 4.69) is 0 Å². The lowest BCUT2D eigenvalue weighted by Crippen LogP contribution is -2.44. The Bertz CT molecular complexity index is 221. The third-order valence-corrected chi connectivity index (χ3v) is 2.05. The minimum absolute atomic E-state index is 0.0712. The zero-order valence-electron chi connectivity index (χ0n) is 8.27. The van der Waals surface area contributed by atoms with Crippen LogP contribution in [-0.2, 0) is 4.79 Å². The molecule has 1 amide bonds. The Labute approximate surface area is 81.1 Å². The Balaban J connectivity index is 2.62. The first-order valence-corrected chi connectivity index (χ1v) is 4.70. The number of rotatable bonds is 3. The van der Waals surface area contributed by atoms with Gasteiger partial charge in [0.1, 0.15) is 0 Å². The number of carbonyl (C=O) groups excluding carboxylic acids is 1. The van der Waals surface area contributed by atoms with Crippen LogP contribution in [0.1, 0.15) is 26.7 Å². The van der Waals surface area contributed by atoms with E-state index in [9.17, 15) is 18.0 Å². The standard InChI is InChI=1S/C9H14F3NO/c1-6(2)5-13(7-3-4-7)8(14)9(10,11)12/h6-7H,3-5H2,1-2H3. The average molecular weight is 209 g/mol. The van der Waals surface area contributed by atoms with Gasteiger partial charge in [-0.05, 0) is 18.8 Å². The fourth-order valence-electron chi connectivity index (χ4n) is 1.34. The van der Waals surface area contributed by atoms with Gasteiger partial charge >= 0.3 is 12.1 Å². The van der Waals surface area contributed by atoms with Crippen LogP contribution in [0.15, 0.2) is 0 Å². The van der Waals surface area contributed by atoms with Gasteiger partial charge in [0.25, 0.3) is 0 Å². The number of hydrogen-bond acceptors (Lipinski definition) is 1. The minimum atomic E-state index is -4.72. The summed E-state index contributed by atoms with van der Waals surface area (Å²) in [5, 5.41) is 0. The van der Waals surface area contributed by atoms with Crippen LogP contribution in [0, 0.1) is 5.92 Å². The van der Waals surface area contributed by atoms with Gasteiger partial charge in [-0.3, -0.25) is 4.79 Å². The van der Waals surface area contributed by atoms with Gasteiger partial charge in [-0.25, -0.2) is 0 Å². The molecule has 1 rings (SSSR count). The van der Waals surface area contributed by atoms with Crippen molar-refractivity contribution in [3.05, 3.63) is 0 Å². The maximum Gasteiger partial charge on any atom is 0.471 e. The third-order valence-electron chi connectivity index (χ3n) is 2.05. The summed E-state index contributed by atoms with van der Waals surface area (Å²) < 4.78 is 36.4. The van der Waals surface area contributed by atoms with Crippen LogP contribution in [0.3, 0.4) is 0 Å². The first kappa shape index (κ1) is 11.3. The molecule has 0 aromatic rings. The van der Waals surface area contributed by atoms with Gasteiger partial charge < -0.3 is 4.90 Å². The molecule has 0 spiro atoms. The lowest BCUT2D eigenvalue weighted by atomic mass is 10.2. The van der Waals surface area contributed by atoms with Gasteiger partial charge in [0.05, 0.1) is 0 Å². The minimum Gasteiger partial charge on any atom is -0.332 e. The number of alkyl halides is 3. The summed E-state index contributed by atoms with van der Waals surface area (Å²) in [5.74, 6) is -1.62. The number of nitrogens with zero attached hydrogens (tertiary/aromatic N) is 1. The fraction of sp³-hybridized carbons (Fsp3) is 0.889. The van der Waals surface area contributed by atoms with Crippen LogP contribution < -0.4 is 0 Å². The van der Waals surface area contributed by atoms with Gasteiger partial charge in [-0.15, -0.1) is 0 Å². The quantitative estimate of drug-likeness (QED) is 0.697. The number of carbonyl (C=O) groups is 1. The summed E-state index contributed by atoms with van der Waals surface area (Å²) in [6, 6.07) is -0.175. The van der Waals surface area contributed by atoms with Crippen molar-refractivity contribution >= 4 is 5.91 Å². The molecular weight excluding hydrogens is 195 g/mol. The summed E-state index contributed by atoms with van der Waals surface area (Å²) in [7, 11) is 0. The Hall–Kier alpha value is -0.740. The SMILES string of the molecule is CC(C)CN(C(=O)C(F)(F)F)C1CC1.